The average Bonchev–Trinajstić information content (AvgIpc) is 2.32. The highest BCUT2D eigenvalue weighted by Crippen LogP contribution is 2.38. The third kappa shape index (κ3) is 3.89. The van der Waals surface area contributed by atoms with Crippen LogP contribution in [0.2, 0.25) is 5.02 Å². The minimum absolute atomic E-state index is 0.451. The lowest BCUT2D eigenvalue weighted by atomic mass is 9.71. The molecule has 0 heterocycles. The Balaban J connectivity index is 1.92. The molecule has 0 amide bonds. The zero-order valence-electron chi connectivity index (χ0n) is 12.6. The lowest BCUT2D eigenvalue weighted by molar-refractivity contribution is 0.173. The fourth-order valence-corrected chi connectivity index (χ4v) is 3.35. The van der Waals surface area contributed by atoms with Crippen LogP contribution in [-0.2, 0) is 0 Å². The minimum Gasteiger partial charge on any atom is -0.381 e. The second-order valence-electron chi connectivity index (χ2n) is 7.04. The van der Waals surface area contributed by atoms with Crippen molar-refractivity contribution in [2.45, 2.75) is 59.4 Å². The molecule has 19 heavy (non-hydrogen) atoms. The molecule has 1 saturated carbocycles. The van der Waals surface area contributed by atoms with Gasteiger partial charge in [0.25, 0.3) is 0 Å². The monoisotopic (exact) mass is 279 g/mol. The van der Waals surface area contributed by atoms with Gasteiger partial charge in [0, 0.05) is 6.04 Å². The van der Waals surface area contributed by atoms with E-state index >= 15 is 0 Å². The van der Waals surface area contributed by atoms with Gasteiger partial charge in [-0.15, -0.1) is 0 Å². The first-order chi connectivity index (χ1) is 8.86. The van der Waals surface area contributed by atoms with Crippen LogP contribution in [0, 0.1) is 18.3 Å². The van der Waals surface area contributed by atoms with E-state index in [9.17, 15) is 0 Å². The highest BCUT2D eigenvalue weighted by molar-refractivity contribution is 6.33. The summed E-state index contributed by atoms with van der Waals surface area (Å²) >= 11 is 6.29. The van der Waals surface area contributed by atoms with Gasteiger partial charge in [-0.05, 0) is 61.6 Å². The number of halogens is 1. The van der Waals surface area contributed by atoms with Crippen molar-refractivity contribution in [3.05, 3.63) is 28.8 Å². The fourth-order valence-electron chi connectivity index (χ4n) is 3.06. The molecular weight excluding hydrogens is 254 g/mol. The summed E-state index contributed by atoms with van der Waals surface area (Å²) < 4.78 is 0. The summed E-state index contributed by atoms with van der Waals surface area (Å²) in [5, 5.41) is 4.46. The molecule has 0 aromatic heterocycles. The highest BCUT2D eigenvalue weighted by atomic mass is 35.5. The van der Waals surface area contributed by atoms with Crippen molar-refractivity contribution in [3.63, 3.8) is 0 Å². The molecule has 0 saturated heterocycles. The van der Waals surface area contributed by atoms with E-state index in [1.165, 1.54) is 31.2 Å². The first kappa shape index (κ1) is 14.7. The van der Waals surface area contributed by atoms with Gasteiger partial charge in [0.1, 0.15) is 0 Å². The third-order valence-corrected chi connectivity index (χ3v) is 4.75. The van der Waals surface area contributed by atoms with Crippen molar-refractivity contribution in [2.75, 3.05) is 5.32 Å². The molecule has 1 fully saturated rings. The third-order valence-electron chi connectivity index (χ3n) is 4.44. The number of benzene rings is 1. The van der Waals surface area contributed by atoms with Gasteiger partial charge in [-0.1, -0.05) is 38.4 Å². The summed E-state index contributed by atoms with van der Waals surface area (Å²) in [6.07, 6.45) is 5.16. The normalized spacial score (nSPS) is 24.3. The smallest absolute Gasteiger partial charge is 0.0640 e. The maximum Gasteiger partial charge on any atom is 0.0640 e. The van der Waals surface area contributed by atoms with Gasteiger partial charge in [0.05, 0.1) is 10.7 Å². The number of hydrogen-bond donors (Lipinski definition) is 1. The summed E-state index contributed by atoms with van der Waals surface area (Å²) in [5.41, 5.74) is 2.76. The molecule has 0 unspecified atom stereocenters. The second-order valence-corrected chi connectivity index (χ2v) is 7.45. The van der Waals surface area contributed by atoms with E-state index in [0.29, 0.717) is 11.5 Å². The SMILES string of the molecule is Cc1ccc(NC2CCC(C(C)(C)C)CC2)c(Cl)c1. The van der Waals surface area contributed by atoms with Crippen molar-refractivity contribution in [1.82, 2.24) is 0 Å². The minimum atomic E-state index is 0.451. The summed E-state index contributed by atoms with van der Waals surface area (Å²) in [5.74, 6) is 0.860. The largest absolute Gasteiger partial charge is 0.381 e. The molecule has 0 aliphatic heterocycles. The lowest BCUT2D eigenvalue weighted by Gasteiger charge is -2.37. The van der Waals surface area contributed by atoms with Crippen molar-refractivity contribution in [2.24, 2.45) is 11.3 Å². The molecule has 2 heteroatoms. The molecule has 1 aliphatic rings. The van der Waals surface area contributed by atoms with E-state index in [0.717, 1.165) is 16.6 Å². The predicted molar refractivity (Wildman–Crippen MR) is 85.0 cm³/mol. The summed E-state index contributed by atoms with van der Waals surface area (Å²) in [7, 11) is 0. The van der Waals surface area contributed by atoms with Crippen molar-refractivity contribution < 1.29 is 0 Å². The topological polar surface area (TPSA) is 12.0 Å². The number of nitrogens with one attached hydrogen (secondary N) is 1. The van der Waals surface area contributed by atoms with Gasteiger partial charge in [-0.25, -0.2) is 0 Å². The summed E-state index contributed by atoms with van der Waals surface area (Å²) in [6.45, 7) is 9.16. The molecule has 0 radical (unpaired) electrons. The Morgan fingerprint density at radius 1 is 1.11 bits per heavy atom. The van der Waals surface area contributed by atoms with Crippen LogP contribution in [0.15, 0.2) is 18.2 Å². The highest BCUT2D eigenvalue weighted by Gasteiger charge is 2.29. The molecule has 106 valence electrons. The van der Waals surface area contributed by atoms with Gasteiger partial charge < -0.3 is 5.32 Å². The Hall–Kier alpha value is -0.690. The van der Waals surface area contributed by atoms with Crippen molar-refractivity contribution in [1.29, 1.82) is 0 Å². The van der Waals surface area contributed by atoms with Gasteiger partial charge >= 0.3 is 0 Å². The van der Waals surface area contributed by atoms with Crippen LogP contribution >= 0.6 is 11.6 Å². The molecule has 0 atom stereocenters. The van der Waals surface area contributed by atoms with Crippen LogP contribution in [-0.4, -0.2) is 6.04 Å². The van der Waals surface area contributed by atoms with Crippen LogP contribution in [0.3, 0.4) is 0 Å². The van der Waals surface area contributed by atoms with E-state index in [2.05, 4.69) is 45.1 Å². The van der Waals surface area contributed by atoms with Crippen LogP contribution in [0.5, 0.6) is 0 Å². The zero-order chi connectivity index (χ0) is 14.0. The van der Waals surface area contributed by atoms with E-state index in [1.807, 2.05) is 6.07 Å². The average molecular weight is 280 g/mol. The first-order valence-electron chi connectivity index (χ1n) is 7.39. The Morgan fingerprint density at radius 3 is 2.26 bits per heavy atom. The van der Waals surface area contributed by atoms with Crippen LogP contribution in [0.1, 0.15) is 52.0 Å². The van der Waals surface area contributed by atoms with E-state index in [1.54, 1.807) is 0 Å². The van der Waals surface area contributed by atoms with Crippen molar-refractivity contribution in [3.8, 4) is 0 Å². The van der Waals surface area contributed by atoms with E-state index < -0.39 is 0 Å². The Morgan fingerprint density at radius 2 is 1.74 bits per heavy atom. The lowest BCUT2D eigenvalue weighted by Crippen LogP contribution is -2.31. The molecule has 0 bridgehead atoms. The van der Waals surface area contributed by atoms with Gasteiger partial charge in [0.2, 0.25) is 0 Å². The first-order valence-corrected chi connectivity index (χ1v) is 7.77. The number of anilines is 1. The van der Waals surface area contributed by atoms with Crippen LogP contribution in [0.4, 0.5) is 5.69 Å². The molecular formula is C17H26ClN. The predicted octanol–water partition coefficient (Wildman–Crippen LogP) is 5.67. The zero-order valence-corrected chi connectivity index (χ0v) is 13.3. The maximum absolute atomic E-state index is 6.29. The number of aryl methyl sites for hydroxylation is 1. The molecule has 1 aliphatic carbocycles. The maximum atomic E-state index is 6.29. The van der Waals surface area contributed by atoms with Crippen LogP contribution < -0.4 is 5.32 Å². The van der Waals surface area contributed by atoms with Gasteiger partial charge in [0.15, 0.2) is 0 Å². The Kier molecular flexibility index (Phi) is 4.45. The standard InChI is InChI=1S/C17H26ClN/c1-12-5-10-16(15(18)11-12)19-14-8-6-13(7-9-14)17(2,3)4/h5,10-11,13-14,19H,6-9H2,1-4H3. The molecule has 0 spiro atoms. The van der Waals surface area contributed by atoms with E-state index in [4.69, 9.17) is 11.6 Å². The molecule has 2 rings (SSSR count). The Bertz CT molecular complexity index is 425. The molecule has 1 N–H and O–H groups in total. The van der Waals surface area contributed by atoms with Crippen molar-refractivity contribution >= 4 is 17.3 Å². The second kappa shape index (κ2) is 5.75. The molecule has 1 aromatic carbocycles. The Labute approximate surface area is 122 Å². The quantitative estimate of drug-likeness (QED) is 0.736. The molecule has 1 aromatic rings. The summed E-state index contributed by atoms with van der Waals surface area (Å²) in [6, 6.07) is 6.84. The summed E-state index contributed by atoms with van der Waals surface area (Å²) in [4.78, 5) is 0. The number of rotatable bonds is 2. The van der Waals surface area contributed by atoms with Gasteiger partial charge in [-0.2, -0.15) is 0 Å². The van der Waals surface area contributed by atoms with E-state index in [-0.39, 0.29) is 0 Å². The fraction of sp³-hybridized carbons (Fsp3) is 0.647. The van der Waals surface area contributed by atoms with Gasteiger partial charge in [-0.3, -0.25) is 0 Å². The molecule has 1 nitrogen and oxygen atoms in total. The number of hydrogen-bond acceptors (Lipinski definition) is 1. The van der Waals surface area contributed by atoms with Crippen LogP contribution in [0.25, 0.3) is 0 Å².